The molecule has 1 saturated heterocycles. The van der Waals surface area contributed by atoms with Gasteiger partial charge in [0.2, 0.25) is 10.0 Å². The van der Waals surface area contributed by atoms with Gasteiger partial charge in [0.05, 0.1) is 16.7 Å². The summed E-state index contributed by atoms with van der Waals surface area (Å²) in [7, 11) is -1.53. The number of nitrogens with one attached hydrogen (secondary N) is 1. The van der Waals surface area contributed by atoms with Crippen LogP contribution in [-0.2, 0) is 17.1 Å². The van der Waals surface area contributed by atoms with Crippen molar-refractivity contribution >= 4 is 44.2 Å². The summed E-state index contributed by atoms with van der Waals surface area (Å²) in [5.41, 5.74) is 1.20. The Kier molecular flexibility index (Phi) is 6.82. The molecule has 1 N–H and O–H groups in total. The third-order valence-electron chi connectivity index (χ3n) is 5.88. The van der Waals surface area contributed by atoms with Gasteiger partial charge in [-0.25, -0.2) is 27.8 Å². The number of rotatable bonds is 7. The quantitative estimate of drug-likeness (QED) is 0.373. The van der Waals surface area contributed by atoms with Crippen molar-refractivity contribution in [2.75, 3.05) is 18.1 Å². The van der Waals surface area contributed by atoms with E-state index in [0.29, 0.717) is 51.2 Å². The molecule has 1 unspecified atom stereocenters. The van der Waals surface area contributed by atoms with E-state index in [9.17, 15) is 12.8 Å². The third-order valence-corrected chi connectivity index (χ3v) is 8.28. The second-order valence-electron chi connectivity index (χ2n) is 8.54. The van der Waals surface area contributed by atoms with Crippen LogP contribution in [0.2, 0.25) is 0 Å². The van der Waals surface area contributed by atoms with Crippen LogP contribution in [0.4, 0.5) is 15.9 Å². The van der Waals surface area contributed by atoms with Crippen LogP contribution in [0.3, 0.4) is 0 Å². The van der Waals surface area contributed by atoms with Crippen molar-refractivity contribution in [3.05, 3.63) is 60.9 Å². The average molecular weight is 529 g/mol. The minimum atomic E-state index is -3.38. The van der Waals surface area contributed by atoms with Crippen molar-refractivity contribution in [2.24, 2.45) is 7.05 Å². The van der Waals surface area contributed by atoms with Gasteiger partial charge in [-0.05, 0) is 67.4 Å². The first-order chi connectivity index (χ1) is 17.3. The molecule has 2 aromatic heterocycles. The molecule has 5 rings (SSSR count). The molecule has 1 aliphatic rings. The van der Waals surface area contributed by atoms with Gasteiger partial charge in [0.15, 0.2) is 11.4 Å². The zero-order chi connectivity index (χ0) is 25.3. The highest BCUT2D eigenvalue weighted by Crippen LogP contribution is 2.32. The van der Waals surface area contributed by atoms with Gasteiger partial charge in [0.1, 0.15) is 23.7 Å². The fourth-order valence-electron chi connectivity index (χ4n) is 4.08. The van der Waals surface area contributed by atoms with Crippen molar-refractivity contribution in [1.29, 1.82) is 0 Å². The predicted molar refractivity (Wildman–Crippen MR) is 136 cm³/mol. The number of benzene rings is 2. The van der Waals surface area contributed by atoms with Crippen molar-refractivity contribution < 1.29 is 17.5 Å². The zero-order valence-electron chi connectivity index (χ0n) is 19.8. The van der Waals surface area contributed by atoms with Crippen LogP contribution in [0, 0.1) is 5.82 Å². The van der Waals surface area contributed by atoms with E-state index in [4.69, 9.17) is 4.74 Å². The average Bonchev–Trinajstić information content (AvgIpc) is 3.25. The van der Waals surface area contributed by atoms with Gasteiger partial charge in [-0.3, -0.25) is 0 Å². The number of piperidine rings is 1. The smallest absolute Gasteiger partial charge is 0.214 e. The summed E-state index contributed by atoms with van der Waals surface area (Å²) in [5.74, 6) is 0.611. The Labute approximate surface area is 212 Å². The molecule has 0 spiro atoms. The molecule has 9 nitrogen and oxygen atoms in total. The molecule has 188 valence electrons. The lowest BCUT2D eigenvalue weighted by Crippen LogP contribution is -2.46. The van der Waals surface area contributed by atoms with Crippen molar-refractivity contribution in [2.45, 2.75) is 35.5 Å². The van der Waals surface area contributed by atoms with E-state index in [-0.39, 0.29) is 5.82 Å². The van der Waals surface area contributed by atoms with E-state index in [1.165, 1.54) is 34.7 Å². The van der Waals surface area contributed by atoms with Crippen LogP contribution in [0.25, 0.3) is 10.9 Å². The van der Waals surface area contributed by atoms with Gasteiger partial charge >= 0.3 is 0 Å². The largest absolute Gasteiger partial charge is 0.474 e. The van der Waals surface area contributed by atoms with Crippen molar-refractivity contribution in [3.63, 3.8) is 0 Å². The van der Waals surface area contributed by atoms with Crippen LogP contribution in [0.1, 0.15) is 19.3 Å². The molecule has 0 saturated carbocycles. The summed E-state index contributed by atoms with van der Waals surface area (Å²) in [6.07, 6.45) is 7.85. The lowest BCUT2D eigenvalue weighted by molar-refractivity contribution is 0.0564. The molecule has 1 fully saturated rings. The number of fused-ring (bicyclic) bond motifs is 1. The highest BCUT2D eigenvalue weighted by atomic mass is 32.2. The Balaban J connectivity index is 1.39. The number of sulfonamides is 1. The van der Waals surface area contributed by atoms with Gasteiger partial charge in [-0.2, -0.15) is 4.31 Å². The minimum absolute atomic E-state index is 0.381. The van der Waals surface area contributed by atoms with Crippen LogP contribution in [0.15, 0.2) is 65.2 Å². The Bertz CT molecular complexity index is 1510. The van der Waals surface area contributed by atoms with Crippen LogP contribution in [0.5, 0.6) is 5.75 Å². The summed E-state index contributed by atoms with van der Waals surface area (Å²) in [6, 6.07) is 10.2. The molecule has 12 heteroatoms. The Morgan fingerprint density at radius 1 is 1.14 bits per heavy atom. The number of aromatic nitrogens is 4. The van der Waals surface area contributed by atoms with E-state index < -0.39 is 16.3 Å². The molecule has 1 aliphatic heterocycles. The summed E-state index contributed by atoms with van der Waals surface area (Å²) < 4.78 is 48.5. The molecule has 1 atom stereocenters. The number of imidazole rings is 1. The fraction of sp³-hybridized carbons (Fsp3) is 0.292. The number of hydrogen-bond donors (Lipinski definition) is 1. The maximum Gasteiger partial charge on any atom is 0.214 e. The number of anilines is 2. The lowest BCUT2D eigenvalue weighted by Gasteiger charge is -2.33. The van der Waals surface area contributed by atoms with Gasteiger partial charge in [-0.15, -0.1) is 0 Å². The third kappa shape index (κ3) is 5.30. The van der Waals surface area contributed by atoms with Gasteiger partial charge < -0.3 is 14.6 Å². The van der Waals surface area contributed by atoms with Crippen molar-refractivity contribution in [1.82, 2.24) is 23.8 Å². The molecule has 4 aromatic rings. The molecular weight excluding hydrogens is 503 g/mol. The highest BCUT2D eigenvalue weighted by molar-refractivity contribution is 7.99. The summed E-state index contributed by atoms with van der Waals surface area (Å²) >= 11 is 1.25. The standard InChI is InChI=1S/C24H25FN6O3S2/c1-30-12-10-26-24(30)35-21-9-6-16(13-19(21)25)29-23-18-14-17(7-8-20(18)27-15-28-23)34-22-5-3-4-11-31(22)36(2,32)33/h6-10,12-15,22H,3-5,11H2,1-2H3,(H,27,28,29). The normalized spacial score (nSPS) is 16.8. The Morgan fingerprint density at radius 3 is 2.75 bits per heavy atom. The van der Waals surface area contributed by atoms with E-state index in [0.717, 1.165) is 12.8 Å². The number of ether oxygens (including phenoxy) is 1. The predicted octanol–water partition coefficient (Wildman–Crippen LogP) is 4.55. The molecule has 0 amide bonds. The van der Waals surface area contributed by atoms with Crippen LogP contribution < -0.4 is 10.1 Å². The molecule has 36 heavy (non-hydrogen) atoms. The first-order valence-electron chi connectivity index (χ1n) is 11.4. The number of halogens is 1. The second-order valence-corrected chi connectivity index (χ2v) is 11.5. The number of hydrogen-bond acceptors (Lipinski definition) is 8. The lowest BCUT2D eigenvalue weighted by atomic mass is 10.1. The molecule has 2 aromatic carbocycles. The monoisotopic (exact) mass is 528 g/mol. The highest BCUT2D eigenvalue weighted by Gasteiger charge is 2.31. The first kappa shape index (κ1) is 24.5. The molecule has 0 radical (unpaired) electrons. The number of aryl methyl sites for hydroxylation is 1. The molecule has 0 aliphatic carbocycles. The van der Waals surface area contributed by atoms with Crippen LogP contribution in [-0.4, -0.2) is 51.3 Å². The van der Waals surface area contributed by atoms with Gasteiger partial charge in [0.25, 0.3) is 0 Å². The molecule has 3 heterocycles. The Hall–Kier alpha value is -3.22. The second kappa shape index (κ2) is 10.0. The van der Waals surface area contributed by atoms with Crippen molar-refractivity contribution in [3.8, 4) is 5.75 Å². The Morgan fingerprint density at radius 2 is 2.00 bits per heavy atom. The SMILES string of the molecule is Cn1ccnc1Sc1ccc(Nc2ncnc3ccc(OC4CCCCN4S(C)(=O)=O)cc23)cc1F. The number of nitrogens with zero attached hydrogens (tertiary/aromatic N) is 5. The van der Waals surface area contributed by atoms with Crippen LogP contribution >= 0.6 is 11.8 Å². The van der Waals surface area contributed by atoms with Gasteiger partial charge in [-0.1, -0.05) is 0 Å². The van der Waals surface area contributed by atoms with E-state index >= 15 is 0 Å². The summed E-state index contributed by atoms with van der Waals surface area (Å²) in [4.78, 5) is 13.3. The zero-order valence-corrected chi connectivity index (χ0v) is 21.4. The first-order valence-corrected chi connectivity index (χ1v) is 14.0. The maximum atomic E-state index is 14.8. The topological polar surface area (TPSA) is 102 Å². The van der Waals surface area contributed by atoms with E-state index in [2.05, 4.69) is 20.3 Å². The van der Waals surface area contributed by atoms with Gasteiger partial charge in [0, 0.05) is 37.1 Å². The van der Waals surface area contributed by atoms with E-state index in [1.54, 1.807) is 42.7 Å². The summed E-state index contributed by atoms with van der Waals surface area (Å²) in [6.45, 7) is 0.437. The van der Waals surface area contributed by atoms with E-state index in [1.807, 2.05) is 11.6 Å². The maximum absolute atomic E-state index is 14.8. The fourth-order valence-corrected chi connectivity index (χ4v) is 5.93. The molecular formula is C24H25FN6O3S2. The minimum Gasteiger partial charge on any atom is -0.474 e. The molecule has 0 bridgehead atoms. The summed E-state index contributed by atoms with van der Waals surface area (Å²) in [5, 5.41) is 4.53.